The number of aryl methyl sites for hydroxylation is 1. The minimum Gasteiger partial charge on any atom is -0.467 e. The number of nitrogens with zero attached hydrogens (tertiary/aromatic N) is 1. The highest BCUT2D eigenvalue weighted by Gasteiger charge is 2.17. The molecule has 2 heterocycles. The Kier molecular flexibility index (Phi) is 6.58. The van der Waals surface area contributed by atoms with Gasteiger partial charge in [-0.3, -0.25) is 0 Å². The van der Waals surface area contributed by atoms with Crippen LogP contribution in [0.1, 0.15) is 48.1 Å². The summed E-state index contributed by atoms with van der Waals surface area (Å²) in [4.78, 5) is 4.68. The topological polar surface area (TPSA) is 50.1 Å². The molecule has 2 aromatic heterocycles. The molecule has 0 amide bonds. The Hall–Kier alpha value is -3.60. The van der Waals surface area contributed by atoms with E-state index < -0.39 is 0 Å². The second-order valence-corrected chi connectivity index (χ2v) is 9.55. The Morgan fingerprint density at radius 2 is 1.77 bits per heavy atom. The van der Waals surface area contributed by atoms with E-state index in [-0.39, 0.29) is 5.82 Å². The van der Waals surface area contributed by atoms with Gasteiger partial charge in [-0.2, -0.15) is 0 Å². The molecule has 4 aromatic rings. The molecule has 1 aliphatic carbocycles. The van der Waals surface area contributed by atoms with E-state index in [0.717, 1.165) is 39.4 Å². The summed E-state index contributed by atoms with van der Waals surface area (Å²) < 4.78 is 20.3. The largest absolute Gasteiger partial charge is 0.467 e. The van der Waals surface area contributed by atoms with Gasteiger partial charge in [0.15, 0.2) is 0 Å². The van der Waals surface area contributed by atoms with Gasteiger partial charge in [-0.05, 0) is 103 Å². The third-order valence-corrected chi connectivity index (χ3v) is 7.17. The molecule has 0 radical (unpaired) electrons. The van der Waals surface area contributed by atoms with Gasteiger partial charge >= 0.3 is 0 Å². The van der Waals surface area contributed by atoms with Gasteiger partial charge in [-0.25, -0.2) is 9.37 Å². The predicted molar refractivity (Wildman–Crippen MR) is 141 cm³/mol. The van der Waals surface area contributed by atoms with Crippen LogP contribution in [0.3, 0.4) is 0 Å². The van der Waals surface area contributed by atoms with Crippen molar-refractivity contribution in [1.82, 2.24) is 4.98 Å². The number of benzene rings is 2. The molecular formula is C30H32FN3O. The van der Waals surface area contributed by atoms with Gasteiger partial charge in [0.2, 0.25) is 0 Å². The maximum absolute atomic E-state index is 14.9. The van der Waals surface area contributed by atoms with Crippen molar-refractivity contribution in [3.8, 4) is 22.3 Å². The number of aromatic nitrogens is 1. The van der Waals surface area contributed by atoms with Gasteiger partial charge in [-0.15, -0.1) is 0 Å². The standard InChI is InChI=1S/C30H32FN3O/c1-19-15-26(23-11-13-29(33-17-23)34-24-7-4-5-8-24)20(2)21(3)30(19)22-10-12-28(27(31)16-22)32-18-25-9-6-14-35-25/h6,9-17,24,32H,4-5,7-8,18H2,1-3H3,(H,33,34). The summed E-state index contributed by atoms with van der Waals surface area (Å²) in [6.07, 6.45) is 8.62. The number of hydrogen-bond donors (Lipinski definition) is 2. The highest BCUT2D eigenvalue weighted by molar-refractivity contribution is 5.80. The fourth-order valence-corrected chi connectivity index (χ4v) is 5.15. The van der Waals surface area contributed by atoms with Crippen LogP contribution in [0, 0.1) is 26.6 Å². The van der Waals surface area contributed by atoms with Crippen molar-refractivity contribution < 1.29 is 8.81 Å². The predicted octanol–water partition coefficient (Wildman–Crippen LogP) is 8.04. The van der Waals surface area contributed by atoms with Crippen LogP contribution in [-0.2, 0) is 6.54 Å². The van der Waals surface area contributed by atoms with E-state index >= 15 is 0 Å². The van der Waals surface area contributed by atoms with Crippen molar-refractivity contribution in [3.05, 3.63) is 89.3 Å². The third kappa shape index (κ3) is 4.95. The number of nitrogens with one attached hydrogen (secondary N) is 2. The monoisotopic (exact) mass is 469 g/mol. The molecule has 5 heteroatoms. The first kappa shape index (κ1) is 23.2. The first-order chi connectivity index (χ1) is 17.0. The molecule has 1 saturated carbocycles. The molecule has 4 nitrogen and oxygen atoms in total. The highest BCUT2D eigenvalue weighted by atomic mass is 19.1. The van der Waals surface area contributed by atoms with Gasteiger partial charge in [0.05, 0.1) is 18.5 Å². The number of rotatable bonds is 7. The van der Waals surface area contributed by atoms with Gasteiger partial charge in [0, 0.05) is 17.8 Å². The zero-order valence-corrected chi connectivity index (χ0v) is 20.6. The Morgan fingerprint density at radius 1 is 0.971 bits per heavy atom. The first-order valence-electron chi connectivity index (χ1n) is 12.4. The second-order valence-electron chi connectivity index (χ2n) is 9.55. The van der Waals surface area contributed by atoms with E-state index in [9.17, 15) is 4.39 Å². The van der Waals surface area contributed by atoms with E-state index in [1.54, 1.807) is 18.4 Å². The quantitative estimate of drug-likeness (QED) is 0.288. The van der Waals surface area contributed by atoms with Gasteiger partial charge in [0.25, 0.3) is 0 Å². The van der Waals surface area contributed by atoms with Crippen molar-refractivity contribution in [2.75, 3.05) is 10.6 Å². The maximum Gasteiger partial charge on any atom is 0.146 e. The smallest absolute Gasteiger partial charge is 0.146 e. The molecule has 180 valence electrons. The minimum absolute atomic E-state index is 0.274. The summed E-state index contributed by atoms with van der Waals surface area (Å²) in [6, 6.07) is 16.1. The van der Waals surface area contributed by atoms with Crippen LogP contribution in [0.15, 0.2) is 65.4 Å². The number of halogens is 1. The molecule has 0 unspecified atom stereocenters. The third-order valence-electron chi connectivity index (χ3n) is 7.17. The molecule has 5 rings (SSSR count). The molecule has 1 aliphatic rings. The lowest BCUT2D eigenvalue weighted by molar-refractivity contribution is 0.517. The number of anilines is 2. The first-order valence-corrected chi connectivity index (χ1v) is 12.4. The van der Waals surface area contributed by atoms with Crippen LogP contribution in [0.2, 0.25) is 0 Å². The van der Waals surface area contributed by atoms with E-state index in [1.807, 2.05) is 24.4 Å². The number of furan rings is 1. The lowest BCUT2D eigenvalue weighted by Gasteiger charge is -2.18. The second kappa shape index (κ2) is 9.95. The zero-order chi connectivity index (χ0) is 24.4. The van der Waals surface area contributed by atoms with E-state index in [1.165, 1.54) is 36.8 Å². The van der Waals surface area contributed by atoms with Gasteiger partial charge in [-0.1, -0.05) is 25.0 Å². The molecule has 0 atom stereocenters. The number of hydrogen-bond acceptors (Lipinski definition) is 4. The van der Waals surface area contributed by atoms with E-state index in [2.05, 4.69) is 54.6 Å². The van der Waals surface area contributed by atoms with Crippen molar-refractivity contribution in [2.45, 2.75) is 59.0 Å². The van der Waals surface area contributed by atoms with Gasteiger partial charge in [0.1, 0.15) is 17.4 Å². The van der Waals surface area contributed by atoms with Crippen LogP contribution in [0.5, 0.6) is 0 Å². The highest BCUT2D eigenvalue weighted by Crippen LogP contribution is 2.37. The molecule has 0 aliphatic heterocycles. The van der Waals surface area contributed by atoms with Crippen molar-refractivity contribution in [3.63, 3.8) is 0 Å². The fourth-order valence-electron chi connectivity index (χ4n) is 5.15. The summed E-state index contributed by atoms with van der Waals surface area (Å²) in [6.45, 7) is 6.79. The Bertz CT molecular complexity index is 1310. The normalized spacial score (nSPS) is 13.8. The zero-order valence-electron chi connectivity index (χ0n) is 20.6. The van der Waals surface area contributed by atoms with Crippen LogP contribution in [-0.4, -0.2) is 11.0 Å². The molecule has 2 aromatic carbocycles. The Labute approximate surface area is 206 Å². The lowest BCUT2D eigenvalue weighted by atomic mass is 9.87. The van der Waals surface area contributed by atoms with Crippen LogP contribution < -0.4 is 10.6 Å². The molecule has 2 N–H and O–H groups in total. The van der Waals surface area contributed by atoms with Crippen molar-refractivity contribution in [2.24, 2.45) is 0 Å². The molecule has 0 saturated heterocycles. The Morgan fingerprint density at radius 3 is 2.46 bits per heavy atom. The Balaban J connectivity index is 1.38. The minimum atomic E-state index is -0.274. The molecule has 1 fully saturated rings. The SMILES string of the molecule is Cc1cc(-c2ccc(NC3CCCC3)nc2)c(C)c(C)c1-c1ccc(NCc2ccco2)c(F)c1. The van der Waals surface area contributed by atoms with Crippen molar-refractivity contribution >= 4 is 11.5 Å². The summed E-state index contributed by atoms with van der Waals surface area (Å²) in [7, 11) is 0. The average Bonchev–Trinajstić information content (AvgIpc) is 3.56. The molecular weight excluding hydrogens is 437 g/mol. The summed E-state index contributed by atoms with van der Waals surface area (Å²) in [5, 5.41) is 6.67. The summed E-state index contributed by atoms with van der Waals surface area (Å²) >= 11 is 0. The summed E-state index contributed by atoms with van der Waals surface area (Å²) in [5.41, 5.74) is 8.15. The van der Waals surface area contributed by atoms with Crippen LogP contribution in [0.4, 0.5) is 15.9 Å². The maximum atomic E-state index is 14.9. The van der Waals surface area contributed by atoms with E-state index in [0.29, 0.717) is 18.3 Å². The van der Waals surface area contributed by atoms with Gasteiger partial charge < -0.3 is 15.1 Å². The van der Waals surface area contributed by atoms with Crippen LogP contribution >= 0.6 is 0 Å². The van der Waals surface area contributed by atoms with E-state index in [4.69, 9.17) is 4.42 Å². The van der Waals surface area contributed by atoms with Crippen molar-refractivity contribution in [1.29, 1.82) is 0 Å². The fraction of sp³-hybridized carbons (Fsp3) is 0.300. The molecule has 0 bridgehead atoms. The molecule has 35 heavy (non-hydrogen) atoms. The average molecular weight is 470 g/mol. The lowest BCUT2D eigenvalue weighted by Crippen LogP contribution is -2.15. The molecule has 0 spiro atoms. The number of pyridine rings is 1. The van der Waals surface area contributed by atoms with Crippen LogP contribution in [0.25, 0.3) is 22.3 Å². The summed E-state index contributed by atoms with van der Waals surface area (Å²) in [5.74, 6) is 1.44.